The molecule has 1 atom stereocenters. The van der Waals surface area contributed by atoms with Crippen LogP contribution in [0.5, 0.6) is 0 Å². The van der Waals surface area contributed by atoms with Gasteiger partial charge in [0.2, 0.25) is 0 Å². The predicted molar refractivity (Wildman–Crippen MR) is 137 cm³/mol. The van der Waals surface area contributed by atoms with E-state index in [0.717, 1.165) is 5.75 Å². The first-order valence-corrected chi connectivity index (χ1v) is 15.4. The topological polar surface area (TPSA) is 98.0 Å². The highest BCUT2D eigenvalue weighted by molar-refractivity contribution is 7.99. The number of hydrogen-bond donors (Lipinski definition) is 4. The van der Waals surface area contributed by atoms with Crippen LogP contribution < -0.4 is 0 Å². The maximum Gasteiger partial charge on any atom is 0.466 e. The van der Waals surface area contributed by atoms with E-state index < -0.39 is 7.82 Å². The van der Waals surface area contributed by atoms with Crippen LogP contribution in [0.3, 0.4) is 0 Å². The quantitative estimate of drug-likeness (QED) is 0.101. The summed E-state index contributed by atoms with van der Waals surface area (Å²) in [6.07, 6.45) is 23.0. The van der Waals surface area contributed by atoms with Crippen molar-refractivity contribution in [3.8, 4) is 0 Å². The fraction of sp³-hybridized carbons (Fsp3) is 1.00. The molecule has 0 saturated carbocycles. The molecule has 0 amide bonds. The molecule has 0 aromatic heterocycles. The Morgan fingerprint density at radius 3 is 1.29 bits per heavy atom. The summed E-state index contributed by atoms with van der Waals surface area (Å²) in [5, 5.41) is 9.33. The molecule has 0 aromatic carbocycles. The van der Waals surface area contributed by atoms with Gasteiger partial charge < -0.3 is 19.8 Å². The molecule has 1 unspecified atom stereocenters. The van der Waals surface area contributed by atoms with Crippen LogP contribution in [-0.2, 0) is 4.57 Å². The third kappa shape index (κ3) is 35.2. The number of aliphatic hydroxyl groups is 1. The van der Waals surface area contributed by atoms with Gasteiger partial charge in [0.05, 0.1) is 0 Å². The van der Waals surface area contributed by atoms with Crippen molar-refractivity contribution < 1.29 is 24.4 Å². The van der Waals surface area contributed by atoms with Crippen LogP contribution in [0.15, 0.2) is 0 Å². The lowest BCUT2D eigenvalue weighted by atomic mass is 9.99. The average Bonchev–Trinajstić information content (AvgIpc) is 2.68. The highest BCUT2D eigenvalue weighted by Crippen LogP contribution is 2.25. The van der Waals surface area contributed by atoms with Crippen molar-refractivity contribution in [3.63, 3.8) is 0 Å². The zero-order chi connectivity index (χ0) is 23.8. The lowest BCUT2D eigenvalue weighted by Crippen LogP contribution is -2.16. The van der Waals surface area contributed by atoms with E-state index >= 15 is 0 Å². The van der Waals surface area contributed by atoms with Gasteiger partial charge in [-0.05, 0) is 29.8 Å². The molecule has 0 saturated heterocycles. The van der Waals surface area contributed by atoms with E-state index in [1.54, 1.807) is 0 Å². The summed E-state index contributed by atoms with van der Waals surface area (Å²) < 4.78 is 8.88. The summed E-state index contributed by atoms with van der Waals surface area (Å²) in [4.78, 5) is 21.6. The predicted octanol–water partition coefficient (Wildman–Crippen LogP) is 7.32. The van der Waals surface area contributed by atoms with Crippen LogP contribution in [0.25, 0.3) is 0 Å². The van der Waals surface area contributed by atoms with Crippen molar-refractivity contribution in [1.29, 1.82) is 0 Å². The average molecular weight is 485 g/mol. The maximum absolute atomic E-state index is 9.33. The van der Waals surface area contributed by atoms with E-state index in [4.69, 9.17) is 19.2 Å². The van der Waals surface area contributed by atoms with E-state index in [-0.39, 0.29) is 0 Å². The molecule has 0 fully saturated rings. The molecule has 0 spiro atoms. The van der Waals surface area contributed by atoms with Crippen LogP contribution >= 0.6 is 19.6 Å². The molecule has 31 heavy (non-hydrogen) atoms. The van der Waals surface area contributed by atoms with E-state index in [0.29, 0.717) is 18.4 Å². The molecule has 0 aliphatic rings. The Kier molecular flexibility index (Phi) is 27.1. The highest BCUT2D eigenvalue weighted by atomic mass is 32.2. The van der Waals surface area contributed by atoms with Crippen molar-refractivity contribution in [1.82, 2.24) is 0 Å². The lowest BCUT2D eigenvalue weighted by Gasteiger charge is -2.17. The van der Waals surface area contributed by atoms with Gasteiger partial charge in [0.15, 0.2) is 0 Å². The summed E-state index contributed by atoms with van der Waals surface area (Å²) >= 11 is 2.04. The summed E-state index contributed by atoms with van der Waals surface area (Å²) in [5.74, 6) is 3.51. The first-order valence-electron chi connectivity index (χ1n) is 12.7. The minimum atomic E-state index is -4.64. The SMILES string of the molecule is CCCCCCCCCCCCCCCCCCSCC(CO)C(C)C.O=P(O)(O)O. The molecular weight excluding hydrogens is 431 g/mol. The number of aliphatic hydroxyl groups excluding tert-OH is 1. The molecule has 0 aliphatic heterocycles. The third-order valence-corrected chi connectivity index (χ3v) is 6.89. The zero-order valence-corrected chi connectivity index (χ0v) is 22.4. The van der Waals surface area contributed by atoms with E-state index in [9.17, 15) is 5.11 Å². The highest BCUT2D eigenvalue weighted by Gasteiger charge is 2.11. The van der Waals surface area contributed by atoms with Gasteiger partial charge in [0.1, 0.15) is 0 Å². The second kappa shape index (κ2) is 25.1. The Bertz CT molecular complexity index is 382. The van der Waals surface area contributed by atoms with Crippen molar-refractivity contribution in [2.24, 2.45) is 11.8 Å². The van der Waals surface area contributed by atoms with Crippen molar-refractivity contribution in [2.75, 3.05) is 18.1 Å². The lowest BCUT2D eigenvalue weighted by molar-refractivity contribution is 0.206. The molecule has 4 N–H and O–H groups in total. The Morgan fingerprint density at radius 1 is 0.677 bits per heavy atom. The van der Waals surface area contributed by atoms with Crippen molar-refractivity contribution in [3.05, 3.63) is 0 Å². The molecule has 0 rings (SSSR count). The molecule has 0 heterocycles. The zero-order valence-electron chi connectivity index (χ0n) is 20.6. The fourth-order valence-electron chi connectivity index (χ4n) is 3.44. The molecule has 0 aliphatic carbocycles. The molecule has 0 aromatic rings. The van der Waals surface area contributed by atoms with Crippen molar-refractivity contribution >= 4 is 19.6 Å². The summed E-state index contributed by atoms with van der Waals surface area (Å²) in [7, 11) is -4.64. The van der Waals surface area contributed by atoms with Gasteiger partial charge in [-0.1, -0.05) is 117 Å². The van der Waals surface area contributed by atoms with Crippen LogP contribution in [0.1, 0.15) is 124 Å². The fourth-order valence-corrected chi connectivity index (χ4v) is 4.81. The molecule has 7 heteroatoms. The Hall–Kier alpha value is 0.420. The molecule has 190 valence electrons. The largest absolute Gasteiger partial charge is 0.466 e. The monoisotopic (exact) mass is 484 g/mol. The van der Waals surface area contributed by atoms with E-state index in [1.165, 1.54) is 108 Å². The standard InChI is InChI=1S/C24H50OS.H3O4P/c1-4-5-6-7-8-9-10-11-12-13-14-15-16-17-18-19-20-26-22-24(21-25)23(2)3;1-5(2,3)4/h23-25H,4-22H2,1-3H3;(H3,1,2,3,4). The van der Waals surface area contributed by atoms with Gasteiger partial charge in [-0.2, -0.15) is 11.8 Å². The van der Waals surface area contributed by atoms with E-state index in [1.807, 2.05) is 11.8 Å². The van der Waals surface area contributed by atoms with Gasteiger partial charge in [-0.15, -0.1) is 0 Å². The Balaban J connectivity index is 0. The Labute approximate surface area is 197 Å². The number of thioether (sulfide) groups is 1. The number of rotatable bonds is 21. The summed E-state index contributed by atoms with van der Waals surface area (Å²) in [5.41, 5.74) is 0. The maximum atomic E-state index is 9.33. The number of hydrogen-bond acceptors (Lipinski definition) is 3. The first kappa shape index (κ1) is 33.6. The minimum Gasteiger partial charge on any atom is -0.396 e. The summed E-state index contributed by atoms with van der Waals surface area (Å²) in [6, 6.07) is 0. The van der Waals surface area contributed by atoms with Gasteiger partial charge in [-0.3, -0.25) is 0 Å². The number of unbranched alkanes of at least 4 members (excludes halogenated alkanes) is 15. The second-order valence-electron chi connectivity index (χ2n) is 9.08. The van der Waals surface area contributed by atoms with Gasteiger partial charge >= 0.3 is 7.82 Å². The van der Waals surface area contributed by atoms with Gasteiger partial charge in [0.25, 0.3) is 0 Å². The smallest absolute Gasteiger partial charge is 0.396 e. The third-order valence-electron chi connectivity index (χ3n) is 5.65. The van der Waals surface area contributed by atoms with E-state index in [2.05, 4.69) is 20.8 Å². The van der Waals surface area contributed by atoms with Crippen molar-refractivity contribution in [2.45, 2.75) is 124 Å². The Morgan fingerprint density at radius 2 is 1.00 bits per heavy atom. The molecule has 0 radical (unpaired) electrons. The number of phosphoric acid groups is 1. The van der Waals surface area contributed by atoms with Crippen LogP contribution in [0, 0.1) is 11.8 Å². The summed E-state index contributed by atoms with van der Waals surface area (Å²) in [6.45, 7) is 7.08. The minimum absolute atomic E-state index is 0.351. The second-order valence-corrected chi connectivity index (χ2v) is 11.3. The molecule has 5 nitrogen and oxygen atoms in total. The van der Waals surface area contributed by atoms with Gasteiger partial charge in [0, 0.05) is 6.61 Å². The van der Waals surface area contributed by atoms with Crippen LogP contribution in [0.2, 0.25) is 0 Å². The van der Waals surface area contributed by atoms with Crippen LogP contribution in [0.4, 0.5) is 0 Å². The molecule has 0 bridgehead atoms. The van der Waals surface area contributed by atoms with Gasteiger partial charge in [-0.25, -0.2) is 4.57 Å². The molecular formula is C24H53O5PS. The first-order chi connectivity index (χ1) is 14.7. The van der Waals surface area contributed by atoms with Crippen LogP contribution in [-0.4, -0.2) is 37.9 Å². The normalized spacial score (nSPS) is 12.6.